The van der Waals surface area contributed by atoms with Crippen LogP contribution in [0.25, 0.3) is 0 Å². The number of ether oxygens (including phenoxy) is 1. The number of halogens is 1. The first-order chi connectivity index (χ1) is 6.99. The molecule has 0 radical (unpaired) electrons. The number of carbonyl (C=O) groups is 1. The van der Waals surface area contributed by atoms with E-state index in [-0.39, 0.29) is 0 Å². The fraction of sp³-hybridized carbons (Fsp3) is 0.100. The van der Waals surface area contributed by atoms with Crippen LogP contribution in [0.4, 0.5) is 10.5 Å². The second-order valence-corrected chi connectivity index (χ2v) is 3.59. The topological polar surface area (TPSA) is 38.3 Å². The van der Waals surface area contributed by atoms with Crippen LogP contribution in [0.2, 0.25) is 5.02 Å². The van der Waals surface area contributed by atoms with E-state index in [1.54, 1.807) is 19.1 Å². The van der Waals surface area contributed by atoms with Crippen LogP contribution < -0.4 is 10.8 Å². The first-order valence-electron chi connectivity index (χ1n) is 4.39. The average molecular weight is 223 g/mol. The van der Waals surface area contributed by atoms with E-state index in [9.17, 15) is 4.79 Å². The van der Waals surface area contributed by atoms with E-state index in [1.165, 1.54) is 0 Å². The highest BCUT2D eigenvalue weighted by Crippen LogP contribution is 2.13. The Morgan fingerprint density at radius 1 is 1.60 bits per heavy atom. The zero-order valence-corrected chi connectivity index (χ0v) is 9.39. The molecule has 1 amide bonds. The summed E-state index contributed by atoms with van der Waals surface area (Å²) in [6, 6.07) is 5.23. The van der Waals surface area contributed by atoms with Crippen LogP contribution in [0.5, 0.6) is 0 Å². The highest BCUT2D eigenvalue weighted by molar-refractivity contribution is 6.45. The fourth-order valence-electron chi connectivity index (χ4n) is 0.972. The molecule has 0 atom stereocenters. The van der Waals surface area contributed by atoms with Gasteiger partial charge in [0.2, 0.25) is 0 Å². The molecule has 0 spiro atoms. The van der Waals surface area contributed by atoms with E-state index in [0.717, 1.165) is 5.46 Å². The van der Waals surface area contributed by atoms with Gasteiger partial charge in [-0.25, -0.2) is 4.79 Å². The molecule has 0 bridgehead atoms. The van der Waals surface area contributed by atoms with Gasteiger partial charge in [-0.1, -0.05) is 29.7 Å². The first kappa shape index (κ1) is 11.7. The van der Waals surface area contributed by atoms with Crippen molar-refractivity contribution in [2.24, 2.45) is 0 Å². The van der Waals surface area contributed by atoms with E-state index >= 15 is 0 Å². The Hall–Kier alpha value is -1.42. The van der Waals surface area contributed by atoms with Crippen molar-refractivity contribution in [2.75, 3.05) is 5.32 Å². The Labute approximate surface area is 94.5 Å². The van der Waals surface area contributed by atoms with Crippen molar-refractivity contribution in [1.82, 2.24) is 0 Å². The third-order valence-electron chi connectivity index (χ3n) is 1.69. The summed E-state index contributed by atoms with van der Waals surface area (Å²) in [5.41, 5.74) is 1.55. The number of rotatable bonds is 2. The summed E-state index contributed by atoms with van der Waals surface area (Å²) >= 11 is 5.89. The van der Waals surface area contributed by atoms with E-state index in [1.807, 2.05) is 13.9 Å². The van der Waals surface area contributed by atoms with Crippen molar-refractivity contribution in [3.63, 3.8) is 0 Å². The normalized spacial score (nSPS) is 9.47. The molecule has 1 aromatic carbocycles. The third kappa shape index (κ3) is 3.68. The molecule has 15 heavy (non-hydrogen) atoms. The molecule has 1 N–H and O–H groups in total. The minimum Gasteiger partial charge on any atom is -0.416 e. The van der Waals surface area contributed by atoms with Gasteiger partial charge < -0.3 is 4.74 Å². The number of anilines is 1. The molecule has 0 aromatic heterocycles. The van der Waals surface area contributed by atoms with Gasteiger partial charge in [0, 0.05) is 10.7 Å². The first-order valence-corrected chi connectivity index (χ1v) is 4.77. The lowest BCUT2D eigenvalue weighted by Crippen LogP contribution is -2.13. The Kier molecular flexibility index (Phi) is 3.80. The molecule has 1 aromatic rings. The summed E-state index contributed by atoms with van der Waals surface area (Å²) < 4.78 is 4.74. The minimum atomic E-state index is -0.567. The predicted molar refractivity (Wildman–Crippen MR) is 64.5 cm³/mol. The average Bonchev–Trinajstić information content (AvgIpc) is 2.10. The van der Waals surface area contributed by atoms with Crippen LogP contribution in [0, 0.1) is 0 Å². The van der Waals surface area contributed by atoms with E-state index < -0.39 is 6.09 Å². The van der Waals surface area contributed by atoms with E-state index in [0.29, 0.717) is 16.5 Å². The van der Waals surface area contributed by atoms with Crippen molar-refractivity contribution >= 4 is 36.7 Å². The van der Waals surface area contributed by atoms with Gasteiger partial charge >= 0.3 is 6.09 Å². The van der Waals surface area contributed by atoms with Crippen LogP contribution in [0.1, 0.15) is 6.92 Å². The molecule has 0 aliphatic heterocycles. The highest BCUT2D eigenvalue weighted by atomic mass is 35.5. The largest absolute Gasteiger partial charge is 0.416 e. The van der Waals surface area contributed by atoms with Crippen LogP contribution >= 0.6 is 11.6 Å². The van der Waals surface area contributed by atoms with Crippen molar-refractivity contribution < 1.29 is 9.53 Å². The van der Waals surface area contributed by atoms with E-state index in [4.69, 9.17) is 16.3 Å². The van der Waals surface area contributed by atoms with Crippen LogP contribution in [0.15, 0.2) is 30.5 Å². The van der Waals surface area contributed by atoms with Gasteiger partial charge in [0.1, 0.15) is 7.85 Å². The Morgan fingerprint density at radius 3 is 2.80 bits per heavy atom. The maximum Gasteiger partial charge on any atom is 0.416 e. The Balaban J connectivity index is 2.69. The van der Waals surface area contributed by atoms with Crippen LogP contribution in [-0.2, 0) is 4.74 Å². The van der Waals surface area contributed by atoms with Gasteiger partial charge in [-0.15, -0.1) is 0 Å². The highest BCUT2D eigenvalue weighted by Gasteiger charge is 2.04. The van der Waals surface area contributed by atoms with Crippen molar-refractivity contribution in [2.45, 2.75) is 6.92 Å². The minimum absolute atomic E-state index is 0.339. The van der Waals surface area contributed by atoms with Crippen LogP contribution in [-0.4, -0.2) is 13.9 Å². The van der Waals surface area contributed by atoms with Gasteiger partial charge in [0.05, 0.1) is 5.76 Å². The number of hydrogen-bond donors (Lipinski definition) is 1. The summed E-state index contributed by atoms with van der Waals surface area (Å²) in [5.74, 6) is 0.339. The number of amides is 1. The second-order valence-electron chi connectivity index (χ2n) is 3.18. The molecule has 0 fully saturated rings. The van der Waals surface area contributed by atoms with Gasteiger partial charge in [-0.05, 0) is 19.1 Å². The molecule has 0 saturated carbocycles. The zero-order chi connectivity index (χ0) is 11.4. The molecule has 3 nitrogen and oxygen atoms in total. The summed E-state index contributed by atoms with van der Waals surface area (Å²) in [7, 11) is 1.89. The summed E-state index contributed by atoms with van der Waals surface area (Å²) in [6.07, 6.45) is -0.567. The Morgan fingerprint density at radius 2 is 2.27 bits per heavy atom. The van der Waals surface area contributed by atoms with Crippen molar-refractivity contribution in [3.05, 3.63) is 35.6 Å². The molecule has 0 aliphatic carbocycles. The smallest absolute Gasteiger partial charge is 0.416 e. The number of nitrogens with one attached hydrogen (secondary N) is 1. The van der Waals surface area contributed by atoms with Crippen LogP contribution in [0.3, 0.4) is 0 Å². The molecule has 5 heteroatoms. The SMILES string of the molecule is Bc1ccc(NC(=O)OC(=C)C)cc1Cl. The lowest BCUT2D eigenvalue weighted by Gasteiger charge is -2.07. The summed E-state index contributed by atoms with van der Waals surface area (Å²) in [5, 5.41) is 3.13. The predicted octanol–water partition coefficient (Wildman–Crippen LogP) is 1.68. The summed E-state index contributed by atoms with van der Waals surface area (Å²) in [4.78, 5) is 11.2. The fourth-order valence-corrected chi connectivity index (χ4v) is 1.15. The molecule has 1 rings (SSSR count). The number of benzene rings is 1. The third-order valence-corrected chi connectivity index (χ3v) is 2.09. The second kappa shape index (κ2) is 4.89. The van der Waals surface area contributed by atoms with Gasteiger partial charge in [0.15, 0.2) is 0 Å². The quantitative estimate of drug-likeness (QED) is 0.612. The van der Waals surface area contributed by atoms with E-state index in [2.05, 4.69) is 11.9 Å². The molecule has 78 valence electrons. The number of hydrogen-bond acceptors (Lipinski definition) is 2. The maximum absolute atomic E-state index is 11.2. The van der Waals surface area contributed by atoms with Gasteiger partial charge in [-0.2, -0.15) is 0 Å². The van der Waals surface area contributed by atoms with Gasteiger partial charge in [-0.3, -0.25) is 5.32 Å². The standard InChI is InChI=1S/C10H11BClNO2/c1-6(2)15-10(14)13-7-3-4-8(11)9(12)5-7/h3-5H,1,11H2,2H3,(H,13,14). The van der Waals surface area contributed by atoms with Crippen molar-refractivity contribution in [3.8, 4) is 0 Å². The Bertz CT molecular complexity index is 406. The number of allylic oxidation sites excluding steroid dienone is 1. The van der Waals surface area contributed by atoms with Crippen molar-refractivity contribution in [1.29, 1.82) is 0 Å². The maximum atomic E-state index is 11.2. The molecule has 0 saturated heterocycles. The van der Waals surface area contributed by atoms with Gasteiger partial charge in [0.25, 0.3) is 0 Å². The summed E-state index contributed by atoms with van der Waals surface area (Å²) in [6.45, 7) is 5.06. The molecular formula is C10H11BClNO2. The molecule has 0 heterocycles. The lowest BCUT2D eigenvalue weighted by atomic mass is 9.96. The zero-order valence-electron chi connectivity index (χ0n) is 8.63. The molecule has 0 unspecified atom stereocenters. The monoisotopic (exact) mass is 223 g/mol. The molecular weight excluding hydrogens is 212 g/mol. The molecule has 0 aliphatic rings. The number of carbonyl (C=O) groups excluding carboxylic acids is 1. The lowest BCUT2D eigenvalue weighted by molar-refractivity contribution is 0.192.